The third-order valence-corrected chi connectivity index (χ3v) is 4.58. The molecule has 1 fully saturated rings. The van der Waals surface area contributed by atoms with E-state index in [1.807, 2.05) is 13.8 Å². The van der Waals surface area contributed by atoms with Crippen LogP contribution >= 0.6 is 0 Å². The van der Waals surface area contributed by atoms with E-state index in [9.17, 15) is 14.3 Å². The number of carbonyl (C=O) groups excluding carboxylic acids is 1. The van der Waals surface area contributed by atoms with Gasteiger partial charge >= 0.3 is 6.03 Å². The fraction of sp³-hybridized carbons (Fsp3) is 0.632. The van der Waals surface area contributed by atoms with E-state index in [0.717, 1.165) is 18.4 Å². The van der Waals surface area contributed by atoms with Crippen LogP contribution in [0.5, 0.6) is 0 Å². The summed E-state index contributed by atoms with van der Waals surface area (Å²) >= 11 is 0. The maximum absolute atomic E-state index is 13.2. The monoisotopic (exact) mass is 336 g/mol. The maximum atomic E-state index is 13.2. The van der Waals surface area contributed by atoms with Crippen molar-refractivity contribution in [3.8, 4) is 0 Å². The summed E-state index contributed by atoms with van der Waals surface area (Å²) in [5.41, 5.74) is 0.801. The van der Waals surface area contributed by atoms with E-state index in [1.165, 1.54) is 12.1 Å². The summed E-state index contributed by atoms with van der Waals surface area (Å²) in [6.45, 7) is 6.31. The highest BCUT2D eigenvalue weighted by Crippen LogP contribution is 2.44. The summed E-state index contributed by atoms with van der Waals surface area (Å²) in [6.07, 6.45) is 2.41. The van der Waals surface area contributed by atoms with Gasteiger partial charge in [-0.1, -0.05) is 26.0 Å². The number of hydrogen-bond acceptors (Lipinski definition) is 2. The Morgan fingerprint density at radius 3 is 2.46 bits per heavy atom. The van der Waals surface area contributed by atoms with E-state index in [0.29, 0.717) is 18.9 Å². The second-order valence-corrected chi connectivity index (χ2v) is 7.82. The first-order valence-electron chi connectivity index (χ1n) is 8.64. The number of aliphatic hydroxyl groups is 1. The van der Waals surface area contributed by atoms with Gasteiger partial charge in [-0.2, -0.15) is 0 Å². The van der Waals surface area contributed by atoms with Gasteiger partial charge in [0.2, 0.25) is 0 Å². The molecule has 2 atom stereocenters. The molecule has 5 heteroatoms. The summed E-state index contributed by atoms with van der Waals surface area (Å²) in [5, 5.41) is 12.5. The van der Waals surface area contributed by atoms with Gasteiger partial charge in [0.25, 0.3) is 0 Å². The zero-order valence-corrected chi connectivity index (χ0v) is 15.1. The number of nitrogens with one attached hydrogen (secondary N) is 1. The minimum Gasteiger partial charge on any atom is -0.393 e. The Balaban J connectivity index is 2.00. The van der Waals surface area contributed by atoms with Crippen molar-refractivity contribution >= 4 is 6.03 Å². The lowest BCUT2D eigenvalue weighted by atomic mass is 9.87. The predicted molar refractivity (Wildman–Crippen MR) is 93.1 cm³/mol. The molecule has 1 saturated carbocycles. The third kappa shape index (κ3) is 5.20. The number of carbonyl (C=O) groups is 1. The Bertz CT molecular complexity index is 553. The molecule has 1 aliphatic carbocycles. The SMILES string of the molecule is CC(O)CC(C)(C)CNC(=O)N(C)C(c1ccc(F)cc1)C1CC1. The number of urea groups is 1. The van der Waals surface area contributed by atoms with Gasteiger partial charge in [-0.05, 0) is 55.2 Å². The van der Waals surface area contributed by atoms with Crippen molar-refractivity contribution in [2.75, 3.05) is 13.6 Å². The molecule has 2 N–H and O–H groups in total. The van der Waals surface area contributed by atoms with Crippen molar-refractivity contribution in [2.45, 2.75) is 52.2 Å². The highest BCUT2D eigenvalue weighted by Gasteiger charge is 2.37. The van der Waals surface area contributed by atoms with Gasteiger partial charge in [0.05, 0.1) is 12.1 Å². The lowest BCUT2D eigenvalue weighted by Gasteiger charge is -2.32. The molecule has 1 aromatic rings. The van der Waals surface area contributed by atoms with Crippen LogP contribution < -0.4 is 5.32 Å². The van der Waals surface area contributed by atoms with Crippen molar-refractivity contribution in [2.24, 2.45) is 11.3 Å². The second kappa shape index (κ2) is 7.51. The third-order valence-electron chi connectivity index (χ3n) is 4.58. The number of halogens is 1. The van der Waals surface area contributed by atoms with Crippen molar-refractivity contribution in [3.05, 3.63) is 35.6 Å². The topological polar surface area (TPSA) is 52.6 Å². The minimum atomic E-state index is -0.395. The Morgan fingerprint density at radius 1 is 1.38 bits per heavy atom. The molecule has 0 aliphatic heterocycles. The molecule has 1 aromatic carbocycles. The van der Waals surface area contributed by atoms with Crippen LogP contribution in [-0.4, -0.2) is 35.7 Å². The molecule has 0 bridgehead atoms. The first-order valence-corrected chi connectivity index (χ1v) is 8.64. The molecule has 0 saturated heterocycles. The molecular formula is C19H29FN2O2. The molecule has 2 rings (SSSR count). The van der Waals surface area contributed by atoms with Crippen LogP contribution in [0.4, 0.5) is 9.18 Å². The molecule has 0 radical (unpaired) electrons. The molecule has 1 aliphatic rings. The average Bonchev–Trinajstić information content (AvgIpc) is 3.30. The van der Waals surface area contributed by atoms with E-state index in [1.54, 1.807) is 31.0 Å². The molecule has 4 nitrogen and oxygen atoms in total. The van der Waals surface area contributed by atoms with Crippen LogP contribution in [0.3, 0.4) is 0 Å². The fourth-order valence-corrected chi connectivity index (χ4v) is 3.32. The quantitative estimate of drug-likeness (QED) is 0.797. The lowest BCUT2D eigenvalue weighted by molar-refractivity contribution is 0.125. The van der Waals surface area contributed by atoms with E-state index >= 15 is 0 Å². The molecular weight excluding hydrogens is 307 g/mol. The largest absolute Gasteiger partial charge is 0.393 e. The number of nitrogens with zero attached hydrogens (tertiary/aromatic N) is 1. The molecule has 0 heterocycles. The first-order chi connectivity index (χ1) is 11.2. The highest BCUT2D eigenvalue weighted by atomic mass is 19.1. The van der Waals surface area contributed by atoms with Crippen molar-refractivity contribution in [1.82, 2.24) is 10.2 Å². The Labute approximate surface area is 144 Å². The molecule has 2 unspecified atom stereocenters. The van der Waals surface area contributed by atoms with Crippen LogP contribution in [0.15, 0.2) is 24.3 Å². The number of aliphatic hydroxyl groups excluding tert-OH is 1. The maximum Gasteiger partial charge on any atom is 0.317 e. The smallest absolute Gasteiger partial charge is 0.317 e. The highest BCUT2D eigenvalue weighted by molar-refractivity contribution is 5.74. The van der Waals surface area contributed by atoms with Crippen molar-refractivity contribution in [1.29, 1.82) is 0 Å². The molecule has 0 aromatic heterocycles. The number of rotatable bonds is 7. The van der Waals surface area contributed by atoms with E-state index in [4.69, 9.17) is 0 Å². The molecule has 2 amide bonds. The summed E-state index contributed by atoms with van der Waals surface area (Å²) in [7, 11) is 1.79. The summed E-state index contributed by atoms with van der Waals surface area (Å²) < 4.78 is 13.2. The summed E-state index contributed by atoms with van der Waals surface area (Å²) in [4.78, 5) is 14.3. The predicted octanol–water partition coefficient (Wildman–Crippen LogP) is 3.72. The van der Waals surface area contributed by atoms with E-state index in [2.05, 4.69) is 5.32 Å². The Kier molecular flexibility index (Phi) is 5.86. The van der Waals surface area contributed by atoms with Gasteiger partial charge in [-0.25, -0.2) is 9.18 Å². The molecule has 134 valence electrons. The van der Waals surface area contributed by atoms with Gasteiger partial charge in [0, 0.05) is 13.6 Å². The van der Waals surface area contributed by atoms with Gasteiger partial charge in [0.15, 0.2) is 0 Å². The van der Waals surface area contributed by atoms with Crippen molar-refractivity contribution < 1.29 is 14.3 Å². The average molecular weight is 336 g/mol. The van der Waals surface area contributed by atoms with Gasteiger partial charge < -0.3 is 15.3 Å². The Hall–Kier alpha value is -1.62. The Morgan fingerprint density at radius 2 is 1.96 bits per heavy atom. The van der Waals surface area contributed by atoms with Crippen molar-refractivity contribution in [3.63, 3.8) is 0 Å². The normalized spacial score (nSPS) is 17.2. The molecule has 24 heavy (non-hydrogen) atoms. The standard InChI is InChI=1S/C19H29FN2O2/c1-13(23)11-19(2,3)12-21-18(24)22(4)17(14-5-6-14)15-7-9-16(20)10-8-15/h7-10,13-14,17,23H,5-6,11-12H2,1-4H3,(H,21,24). The van der Waals surface area contributed by atoms with Crippen LogP contribution in [0, 0.1) is 17.2 Å². The van der Waals surface area contributed by atoms with Crippen LogP contribution in [0.25, 0.3) is 0 Å². The minimum absolute atomic E-state index is 0.0227. The summed E-state index contributed by atoms with van der Waals surface area (Å²) in [6, 6.07) is 6.27. The second-order valence-electron chi connectivity index (χ2n) is 7.82. The number of benzene rings is 1. The zero-order chi connectivity index (χ0) is 17.9. The number of hydrogen-bond donors (Lipinski definition) is 2. The lowest BCUT2D eigenvalue weighted by Crippen LogP contribution is -2.44. The zero-order valence-electron chi connectivity index (χ0n) is 15.1. The van der Waals surface area contributed by atoms with Crippen LogP contribution in [0.2, 0.25) is 0 Å². The van der Waals surface area contributed by atoms with E-state index in [-0.39, 0.29) is 23.3 Å². The van der Waals surface area contributed by atoms with E-state index < -0.39 is 6.10 Å². The number of amides is 2. The van der Waals surface area contributed by atoms with Crippen LogP contribution in [0.1, 0.15) is 51.6 Å². The van der Waals surface area contributed by atoms with Gasteiger partial charge in [0.1, 0.15) is 5.82 Å². The molecule has 0 spiro atoms. The van der Waals surface area contributed by atoms with Gasteiger partial charge in [-0.15, -0.1) is 0 Å². The fourth-order valence-electron chi connectivity index (χ4n) is 3.32. The van der Waals surface area contributed by atoms with Crippen LogP contribution in [-0.2, 0) is 0 Å². The first kappa shape index (κ1) is 18.7. The van der Waals surface area contributed by atoms with Gasteiger partial charge in [-0.3, -0.25) is 0 Å². The summed E-state index contributed by atoms with van der Waals surface area (Å²) in [5.74, 6) is 0.178.